The molecule has 0 radical (unpaired) electrons. The normalized spacial score (nSPS) is 12.4. The lowest BCUT2D eigenvalue weighted by Crippen LogP contribution is -2.30. The lowest BCUT2D eigenvalue weighted by Gasteiger charge is -2.25. The first-order chi connectivity index (χ1) is 17.9. The highest BCUT2D eigenvalue weighted by molar-refractivity contribution is 14.1. The van der Waals surface area contributed by atoms with Gasteiger partial charge in [-0.1, -0.05) is 17.7 Å². The Morgan fingerprint density at radius 2 is 1.33 bits per heavy atom. The number of ether oxygens (including phenoxy) is 1. The van der Waals surface area contributed by atoms with Crippen LogP contribution in [-0.2, 0) is 36.4 Å². The smallest absolute Gasteiger partial charge is 0.416 e. The van der Waals surface area contributed by atoms with Crippen LogP contribution < -0.4 is 0 Å². The van der Waals surface area contributed by atoms with Gasteiger partial charge in [0.1, 0.15) is 0 Å². The number of halogens is 11. The summed E-state index contributed by atoms with van der Waals surface area (Å²) in [6, 6.07) is 8.13. The number of alkyl halides is 9. The summed E-state index contributed by atoms with van der Waals surface area (Å²) in [7, 11) is 0.909. The highest BCUT2D eigenvalue weighted by Gasteiger charge is 2.37. The van der Waals surface area contributed by atoms with E-state index < -0.39 is 60.0 Å². The average molecular weight is 696 g/mol. The minimum atomic E-state index is -5.14. The van der Waals surface area contributed by atoms with Crippen LogP contribution in [0.2, 0.25) is 5.02 Å². The van der Waals surface area contributed by atoms with Crippen molar-refractivity contribution in [2.45, 2.75) is 31.6 Å². The molecule has 0 spiro atoms. The molecule has 0 unspecified atom stereocenters. The molecule has 0 bridgehead atoms. The third kappa shape index (κ3) is 7.71. The third-order valence-electron chi connectivity index (χ3n) is 5.47. The molecule has 0 N–H and O–H groups in total. The molecule has 0 aliphatic heterocycles. The van der Waals surface area contributed by atoms with Crippen molar-refractivity contribution < 1.29 is 49.0 Å². The number of methoxy groups -OCH3 is 1. The molecular formula is C25H16ClF9INO2. The van der Waals surface area contributed by atoms with E-state index in [1.807, 2.05) is 22.6 Å². The van der Waals surface area contributed by atoms with Gasteiger partial charge in [0.25, 0.3) is 0 Å². The topological polar surface area (TPSA) is 29.5 Å². The number of benzene rings is 3. The van der Waals surface area contributed by atoms with Crippen molar-refractivity contribution >= 4 is 40.3 Å². The molecule has 0 fully saturated rings. The summed E-state index contributed by atoms with van der Waals surface area (Å²) in [4.78, 5) is 13.2. The molecule has 0 atom stereocenters. The Hall–Kier alpha value is -2.68. The van der Waals surface area contributed by atoms with Gasteiger partial charge in [0, 0.05) is 27.2 Å². The summed E-state index contributed by atoms with van der Waals surface area (Å²) in [5.41, 5.74) is -4.53. The minimum Gasteiger partial charge on any atom is -0.453 e. The van der Waals surface area contributed by atoms with Crippen LogP contribution in [0, 0.1) is 3.57 Å². The van der Waals surface area contributed by atoms with E-state index in [0.29, 0.717) is 26.2 Å². The fourth-order valence-electron chi connectivity index (χ4n) is 3.72. The Morgan fingerprint density at radius 3 is 1.85 bits per heavy atom. The van der Waals surface area contributed by atoms with Crippen LogP contribution in [0.4, 0.5) is 44.3 Å². The molecule has 3 nitrogen and oxygen atoms in total. The molecular weight excluding hydrogens is 680 g/mol. The Morgan fingerprint density at radius 1 is 0.769 bits per heavy atom. The summed E-state index contributed by atoms with van der Waals surface area (Å²) in [5.74, 6) is 0. The van der Waals surface area contributed by atoms with Gasteiger partial charge in [-0.2, -0.15) is 39.5 Å². The maximum atomic E-state index is 13.5. The lowest BCUT2D eigenvalue weighted by molar-refractivity contribution is -0.143. The van der Waals surface area contributed by atoms with Gasteiger partial charge in [-0.15, -0.1) is 0 Å². The molecule has 0 saturated heterocycles. The van der Waals surface area contributed by atoms with Crippen LogP contribution in [0.3, 0.4) is 0 Å². The molecule has 0 aromatic heterocycles. The molecule has 210 valence electrons. The Kier molecular flexibility index (Phi) is 9.05. The van der Waals surface area contributed by atoms with Crippen molar-refractivity contribution in [3.05, 3.63) is 91.0 Å². The molecule has 3 rings (SSSR count). The molecule has 1 amide bonds. The fourth-order valence-corrected chi connectivity index (χ4v) is 4.43. The first-order valence-electron chi connectivity index (χ1n) is 10.7. The molecule has 0 aliphatic rings. The highest BCUT2D eigenvalue weighted by Crippen LogP contribution is 2.39. The standard InChI is InChI=1S/C25H16ClF9INO2/c1-39-22(38)37(11-13-6-16(24(30,31)32)9-17(7-13)25(33,34)35)12-14-8-15(23(27,28)29)2-4-19(14)20-10-18(36)3-5-21(20)26/h2-10H,11-12H2,1H3. The molecule has 0 saturated carbocycles. The quantitative estimate of drug-likeness (QED) is 0.197. The van der Waals surface area contributed by atoms with Gasteiger partial charge in [-0.25, -0.2) is 4.79 Å². The van der Waals surface area contributed by atoms with E-state index >= 15 is 0 Å². The Labute approximate surface area is 234 Å². The zero-order valence-corrected chi connectivity index (χ0v) is 22.4. The van der Waals surface area contributed by atoms with Crippen LogP contribution in [-0.4, -0.2) is 18.1 Å². The maximum Gasteiger partial charge on any atom is 0.416 e. The first-order valence-corrected chi connectivity index (χ1v) is 12.1. The minimum absolute atomic E-state index is 0.0735. The van der Waals surface area contributed by atoms with Crippen molar-refractivity contribution in [1.82, 2.24) is 4.90 Å². The summed E-state index contributed by atoms with van der Waals surface area (Å²) >= 11 is 8.21. The van der Waals surface area contributed by atoms with Crippen molar-refractivity contribution in [3.63, 3.8) is 0 Å². The van der Waals surface area contributed by atoms with Gasteiger partial charge in [-0.05, 0) is 87.8 Å². The van der Waals surface area contributed by atoms with E-state index in [1.54, 1.807) is 12.1 Å². The van der Waals surface area contributed by atoms with Crippen LogP contribution >= 0.6 is 34.2 Å². The summed E-state index contributed by atoms with van der Waals surface area (Å²) < 4.78 is 126. The van der Waals surface area contributed by atoms with Crippen LogP contribution in [0.5, 0.6) is 0 Å². The van der Waals surface area contributed by atoms with Gasteiger partial charge in [-0.3, -0.25) is 4.90 Å². The molecule has 3 aromatic rings. The van der Waals surface area contributed by atoms with E-state index in [-0.39, 0.29) is 22.2 Å². The van der Waals surface area contributed by atoms with E-state index in [4.69, 9.17) is 11.6 Å². The summed E-state index contributed by atoms with van der Waals surface area (Å²) in [6.07, 6.45) is -16.3. The molecule has 0 heterocycles. The Bertz CT molecular complexity index is 1340. The number of carbonyl (C=O) groups excluding carboxylic acids is 1. The number of rotatable bonds is 5. The van der Waals surface area contributed by atoms with Gasteiger partial charge >= 0.3 is 24.6 Å². The lowest BCUT2D eigenvalue weighted by atomic mass is 9.96. The average Bonchev–Trinajstić information content (AvgIpc) is 2.83. The first kappa shape index (κ1) is 30.9. The second-order valence-electron chi connectivity index (χ2n) is 8.23. The zero-order valence-electron chi connectivity index (χ0n) is 19.5. The van der Waals surface area contributed by atoms with E-state index in [2.05, 4.69) is 4.74 Å². The summed E-state index contributed by atoms with van der Waals surface area (Å²) in [6.45, 7) is -1.50. The highest BCUT2D eigenvalue weighted by atomic mass is 127. The van der Waals surface area contributed by atoms with Gasteiger partial charge in [0.2, 0.25) is 0 Å². The SMILES string of the molecule is COC(=O)N(Cc1cc(C(F)(F)F)cc(C(F)(F)F)c1)Cc1cc(C(F)(F)F)ccc1-c1cc(I)ccc1Cl. The van der Waals surface area contributed by atoms with Gasteiger partial charge in [0.05, 0.1) is 23.8 Å². The van der Waals surface area contributed by atoms with Gasteiger partial charge < -0.3 is 4.74 Å². The number of amides is 1. The number of nitrogens with zero attached hydrogens (tertiary/aromatic N) is 1. The second kappa shape index (κ2) is 11.4. The predicted molar refractivity (Wildman–Crippen MR) is 133 cm³/mol. The molecule has 0 aliphatic carbocycles. The maximum absolute atomic E-state index is 13.5. The number of carbonyl (C=O) groups is 1. The number of hydrogen-bond donors (Lipinski definition) is 0. The van der Waals surface area contributed by atoms with E-state index in [1.165, 1.54) is 6.07 Å². The Balaban J connectivity index is 2.15. The number of hydrogen-bond acceptors (Lipinski definition) is 2. The van der Waals surface area contributed by atoms with Crippen molar-refractivity contribution in [3.8, 4) is 11.1 Å². The van der Waals surface area contributed by atoms with Gasteiger partial charge in [0.15, 0.2) is 0 Å². The van der Waals surface area contributed by atoms with Crippen molar-refractivity contribution in [2.75, 3.05) is 7.11 Å². The van der Waals surface area contributed by atoms with E-state index in [9.17, 15) is 44.3 Å². The molecule has 14 heteroatoms. The van der Waals surface area contributed by atoms with Crippen LogP contribution in [0.15, 0.2) is 54.6 Å². The second-order valence-corrected chi connectivity index (χ2v) is 9.89. The predicted octanol–water partition coefficient (Wildman–Crippen LogP) is 9.44. The molecule has 3 aromatic carbocycles. The largest absolute Gasteiger partial charge is 0.453 e. The van der Waals surface area contributed by atoms with Crippen LogP contribution in [0.1, 0.15) is 27.8 Å². The zero-order chi connectivity index (χ0) is 29.3. The summed E-state index contributed by atoms with van der Waals surface area (Å²) in [5, 5.41) is 0.161. The third-order valence-corrected chi connectivity index (χ3v) is 6.47. The molecule has 39 heavy (non-hydrogen) atoms. The van der Waals surface area contributed by atoms with E-state index in [0.717, 1.165) is 25.3 Å². The van der Waals surface area contributed by atoms with Crippen LogP contribution in [0.25, 0.3) is 11.1 Å². The van der Waals surface area contributed by atoms with Crippen molar-refractivity contribution in [2.24, 2.45) is 0 Å². The van der Waals surface area contributed by atoms with Crippen molar-refractivity contribution in [1.29, 1.82) is 0 Å². The monoisotopic (exact) mass is 695 g/mol. The fraction of sp³-hybridized carbons (Fsp3) is 0.240.